The average Bonchev–Trinajstić information content (AvgIpc) is 3.23. The van der Waals surface area contributed by atoms with Crippen LogP contribution in [0.3, 0.4) is 0 Å². The summed E-state index contributed by atoms with van der Waals surface area (Å²) in [4.78, 5) is 29.6. The van der Waals surface area contributed by atoms with Crippen LogP contribution in [-0.4, -0.2) is 62.9 Å². The van der Waals surface area contributed by atoms with E-state index < -0.39 is 27.5 Å². The molecule has 0 aliphatic heterocycles. The Hall–Kier alpha value is -2.71. The lowest BCUT2D eigenvalue weighted by molar-refractivity contribution is -0.160. The van der Waals surface area contributed by atoms with E-state index in [1.807, 2.05) is 53.8 Å². The molecule has 12 heteroatoms. The summed E-state index contributed by atoms with van der Waals surface area (Å²) < 4.78 is 38.4. The van der Waals surface area contributed by atoms with Gasteiger partial charge in [0.2, 0.25) is 15.7 Å². The van der Waals surface area contributed by atoms with Gasteiger partial charge in [-0.15, -0.1) is 0 Å². The lowest BCUT2D eigenvalue weighted by Gasteiger charge is -2.29. The topological polar surface area (TPSA) is 139 Å². The Labute approximate surface area is 242 Å². The summed E-state index contributed by atoms with van der Waals surface area (Å²) in [5.41, 5.74) is 1.02. The highest BCUT2D eigenvalue weighted by Gasteiger charge is 2.37. The third-order valence-corrected chi connectivity index (χ3v) is 8.45. The summed E-state index contributed by atoms with van der Waals surface area (Å²) in [7, 11) is -2.25. The van der Waals surface area contributed by atoms with E-state index in [0.717, 1.165) is 16.1 Å². The molecule has 2 heterocycles. The fraction of sp³-hybridized carbons (Fsp3) is 0.444. The van der Waals surface area contributed by atoms with Crippen LogP contribution in [-0.2, 0) is 19.6 Å². The van der Waals surface area contributed by atoms with Crippen molar-refractivity contribution in [2.24, 2.45) is 5.41 Å². The number of aryl methyl sites for hydroxylation is 1. The van der Waals surface area contributed by atoms with Crippen LogP contribution in [0.5, 0.6) is 0 Å². The molecule has 1 amide bonds. The van der Waals surface area contributed by atoms with Crippen molar-refractivity contribution in [2.75, 3.05) is 30.8 Å². The summed E-state index contributed by atoms with van der Waals surface area (Å²) in [5, 5.41) is 13.7. The SMILES string of the molecule is CCOC(=O)C(C)(C)C(O)CCCN(c1nc2oc(-c3ccc(C)cc3)c(C(=O)NC)c2cc1I)S(C)(=O)=O. The fourth-order valence-electron chi connectivity index (χ4n) is 4.09. The molecular formula is C27H34IN3O7S. The molecule has 1 atom stereocenters. The Balaban J connectivity index is 1.99. The minimum atomic E-state index is -3.78. The molecule has 39 heavy (non-hydrogen) atoms. The van der Waals surface area contributed by atoms with Gasteiger partial charge in [0.05, 0.1) is 38.9 Å². The number of aliphatic hydroxyl groups excluding tert-OH is 1. The fourth-order valence-corrected chi connectivity index (χ4v) is 5.90. The van der Waals surface area contributed by atoms with Gasteiger partial charge in [-0.1, -0.05) is 29.8 Å². The van der Waals surface area contributed by atoms with E-state index in [2.05, 4.69) is 10.3 Å². The predicted octanol–water partition coefficient (Wildman–Crippen LogP) is 4.26. The van der Waals surface area contributed by atoms with Crippen molar-refractivity contribution in [1.82, 2.24) is 10.3 Å². The monoisotopic (exact) mass is 671 g/mol. The number of hydrogen-bond donors (Lipinski definition) is 2. The maximum absolute atomic E-state index is 12.8. The number of ether oxygens (including phenoxy) is 1. The molecule has 0 radical (unpaired) electrons. The maximum atomic E-state index is 12.8. The van der Waals surface area contributed by atoms with Crippen LogP contribution in [0.1, 0.15) is 49.5 Å². The molecule has 212 valence electrons. The number of carbonyl (C=O) groups excluding carboxylic acids is 2. The second kappa shape index (κ2) is 12.2. The number of nitrogens with zero attached hydrogens (tertiary/aromatic N) is 2. The molecule has 0 aliphatic carbocycles. The molecule has 0 saturated heterocycles. The number of furan rings is 1. The zero-order valence-electron chi connectivity index (χ0n) is 22.9. The van der Waals surface area contributed by atoms with Crippen molar-refractivity contribution < 1.29 is 32.3 Å². The number of amides is 1. The lowest BCUT2D eigenvalue weighted by atomic mass is 9.84. The first-order valence-corrected chi connectivity index (χ1v) is 15.4. The van der Waals surface area contributed by atoms with Crippen LogP contribution in [0, 0.1) is 15.9 Å². The highest BCUT2D eigenvalue weighted by Crippen LogP contribution is 2.37. The van der Waals surface area contributed by atoms with E-state index in [1.54, 1.807) is 26.8 Å². The number of carbonyl (C=O) groups is 2. The summed E-state index contributed by atoms with van der Waals surface area (Å²) in [6, 6.07) is 9.18. The molecule has 1 unspecified atom stereocenters. The first-order chi connectivity index (χ1) is 18.2. The number of fused-ring (bicyclic) bond motifs is 1. The zero-order valence-corrected chi connectivity index (χ0v) is 25.8. The third kappa shape index (κ3) is 6.72. The van der Waals surface area contributed by atoms with Gasteiger partial charge < -0.3 is 19.6 Å². The normalized spacial score (nSPS) is 12.8. The van der Waals surface area contributed by atoms with Crippen molar-refractivity contribution in [3.63, 3.8) is 0 Å². The highest BCUT2D eigenvalue weighted by molar-refractivity contribution is 14.1. The van der Waals surface area contributed by atoms with Crippen molar-refractivity contribution in [2.45, 2.75) is 46.6 Å². The van der Waals surface area contributed by atoms with Gasteiger partial charge in [-0.05, 0) is 69.2 Å². The Bertz CT molecular complexity index is 1470. The van der Waals surface area contributed by atoms with Gasteiger partial charge in [0, 0.05) is 19.2 Å². The Kier molecular flexibility index (Phi) is 9.65. The minimum Gasteiger partial charge on any atom is -0.466 e. The second-order valence-corrected chi connectivity index (χ2v) is 12.9. The molecule has 0 spiro atoms. The van der Waals surface area contributed by atoms with E-state index in [1.165, 1.54) is 7.05 Å². The lowest BCUT2D eigenvalue weighted by Crippen LogP contribution is -2.39. The van der Waals surface area contributed by atoms with Gasteiger partial charge in [-0.3, -0.25) is 13.9 Å². The Morgan fingerprint density at radius 2 is 1.90 bits per heavy atom. The van der Waals surface area contributed by atoms with Gasteiger partial charge >= 0.3 is 5.97 Å². The number of halogens is 1. The molecule has 3 aromatic rings. The molecule has 1 aromatic carbocycles. The Morgan fingerprint density at radius 3 is 2.46 bits per heavy atom. The minimum absolute atomic E-state index is 0.0110. The van der Waals surface area contributed by atoms with Crippen molar-refractivity contribution in [3.8, 4) is 11.3 Å². The summed E-state index contributed by atoms with van der Waals surface area (Å²) >= 11 is 1.99. The number of pyridine rings is 1. The number of aliphatic hydroxyl groups is 1. The van der Waals surface area contributed by atoms with Crippen LogP contribution < -0.4 is 9.62 Å². The van der Waals surface area contributed by atoms with Gasteiger partial charge in [0.25, 0.3) is 5.91 Å². The summed E-state index contributed by atoms with van der Waals surface area (Å²) in [6.07, 6.45) is 0.451. The summed E-state index contributed by atoms with van der Waals surface area (Å²) in [6.45, 7) is 7.04. The average molecular weight is 672 g/mol. The van der Waals surface area contributed by atoms with Gasteiger partial charge in [-0.25, -0.2) is 8.42 Å². The molecule has 0 bridgehead atoms. The molecule has 3 rings (SSSR count). The number of anilines is 1. The molecule has 2 N–H and O–H groups in total. The van der Waals surface area contributed by atoms with Crippen LogP contribution in [0.4, 0.5) is 5.82 Å². The van der Waals surface area contributed by atoms with Crippen molar-refractivity contribution in [3.05, 3.63) is 45.0 Å². The van der Waals surface area contributed by atoms with Crippen molar-refractivity contribution in [1.29, 1.82) is 0 Å². The zero-order chi connectivity index (χ0) is 29.1. The third-order valence-electron chi connectivity index (χ3n) is 6.50. The van der Waals surface area contributed by atoms with Crippen LogP contribution >= 0.6 is 22.6 Å². The molecule has 0 saturated carbocycles. The predicted molar refractivity (Wildman–Crippen MR) is 158 cm³/mol. The smallest absolute Gasteiger partial charge is 0.314 e. The van der Waals surface area contributed by atoms with Gasteiger partial charge in [0.15, 0.2) is 5.82 Å². The first kappa shape index (κ1) is 30.8. The number of sulfonamides is 1. The van der Waals surface area contributed by atoms with Crippen LogP contribution in [0.25, 0.3) is 22.4 Å². The van der Waals surface area contributed by atoms with Crippen molar-refractivity contribution >= 4 is 61.4 Å². The van der Waals surface area contributed by atoms with Gasteiger partial charge in [-0.2, -0.15) is 4.98 Å². The highest BCUT2D eigenvalue weighted by atomic mass is 127. The van der Waals surface area contributed by atoms with E-state index in [0.29, 0.717) is 25.8 Å². The maximum Gasteiger partial charge on any atom is 0.314 e. The number of rotatable bonds is 11. The first-order valence-electron chi connectivity index (χ1n) is 12.5. The number of esters is 1. The van der Waals surface area contributed by atoms with E-state index in [-0.39, 0.29) is 43.4 Å². The largest absolute Gasteiger partial charge is 0.466 e. The van der Waals surface area contributed by atoms with E-state index in [4.69, 9.17) is 9.15 Å². The van der Waals surface area contributed by atoms with Crippen LogP contribution in [0.2, 0.25) is 0 Å². The standard InChI is InChI=1S/C27H34IN3O7S/c1-7-37-26(34)27(3,4)20(32)9-8-14-31(39(6,35)36)23-19(28)15-18-21(24(33)29-5)22(38-25(18)30-23)17-12-10-16(2)11-13-17/h10-13,15,20,32H,7-9,14H2,1-6H3,(H,29,33). The van der Waals surface area contributed by atoms with E-state index >= 15 is 0 Å². The summed E-state index contributed by atoms with van der Waals surface area (Å²) in [5.74, 6) is -0.390. The molecule has 10 nitrogen and oxygen atoms in total. The second-order valence-electron chi connectivity index (χ2n) is 9.83. The number of nitrogens with one attached hydrogen (secondary N) is 1. The Morgan fingerprint density at radius 1 is 1.26 bits per heavy atom. The van der Waals surface area contributed by atoms with Gasteiger partial charge in [0.1, 0.15) is 5.76 Å². The molecule has 0 fully saturated rings. The molecule has 0 aliphatic rings. The van der Waals surface area contributed by atoms with E-state index in [9.17, 15) is 23.1 Å². The molecular weight excluding hydrogens is 637 g/mol. The number of aromatic nitrogens is 1. The quantitative estimate of drug-likeness (QED) is 0.228. The number of benzene rings is 1. The van der Waals surface area contributed by atoms with Crippen LogP contribution in [0.15, 0.2) is 34.7 Å². The number of hydrogen-bond acceptors (Lipinski definition) is 8. The molecule has 2 aromatic heterocycles.